The third-order valence-corrected chi connectivity index (χ3v) is 2.05. The molecule has 1 saturated carbocycles. The van der Waals surface area contributed by atoms with Crippen LogP contribution in [0.15, 0.2) is 0 Å². The Morgan fingerprint density at radius 3 is 1.87 bits per heavy atom. The van der Waals surface area contributed by atoms with Crippen LogP contribution in [0.25, 0.3) is 0 Å². The van der Waals surface area contributed by atoms with Crippen LogP contribution in [-0.4, -0.2) is 39.4 Å². The van der Waals surface area contributed by atoms with Crippen molar-refractivity contribution in [1.82, 2.24) is 0 Å². The zero-order chi connectivity index (χ0) is 11.8. The summed E-state index contributed by atoms with van der Waals surface area (Å²) >= 11 is 0. The molecule has 0 bridgehead atoms. The van der Waals surface area contributed by atoms with Gasteiger partial charge in [-0.2, -0.15) is 0 Å². The van der Waals surface area contributed by atoms with Crippen molar-refractivity contribution < 1.29 is 24.9 Å². The molecule has 1 aliphatic rings. The minimum Gasteiger partial charge on any atom is -0.481 e. The van der Waals surface area contributed by atoms with E-state index in [4.69, 9.17) is 21.1 Å². The molecule has 5 N–H and O–H groups in total. The highest BCUT2D eigenvalue weighted by Gasteiger charge is 2.16. The van der Waals surface area contributed by atoms with E-state index in [0.29, 0.717) is 6.04 Å². The van der Waals surface area contributed by atoms with Gasteiger partial charge in [0.15, 0.2) is 6.10 Å². The molecule has 0 heterocycles. The van der Waals surface area contributed by atoms with E-state index in [1.807, 2.05) is 0 Å². The summed E-state index contributed by atoms with van der Waals surface area (Å²) in [6.45, 7) is 0. The molecule has 0 saturated heterocycles. The van der Waals surface area contributed by atoms with Crippen LogP contribution in [0.1, 0.15) is 32.1 Å². The van der Waals surface area contributed by atoms with Crippen molar-refractivity contribution in [3.05, 3.63) is 0 Å². The maximum atomic E-state index is 9.72. The zero-order valence-corrected chi connectivity index (χ0v) is 8.43. The predicted octanol–water partition coefficient (Wildman–Crippen LogP) is -0.206. The Labute approximate surface area is 87.7 Å². The lowest BCUT2D eigenvalue weighted by atomic mass is 10.3. The number of carbonyl (C=O) groups is 2. The maximum absolute atomic E-state index is 9.72. The molecule has 88 valence electrons. The topological polar surface area (TPSA) is 121 Å². The van der Waals surface area contributed by atoms with Gasteiger partial charge in [-0.15, -0.1) is 0 Å². The van der Waals surface area contributed by atoms with Crippen molar-refractivity contribution in [3.63, 3.8) is 0 Å². The fourth-order valence-corrected chi connectivity index (χ4v) is 1.21. The Bertz CT molecular complexity index is 213. The maximum Gasteiger partial charge on any atom is 0.333 e. The molecule has 6 heteroatoms. The van der Waals surface area contributed by atoms with Gasteiger partial charge in [0, 0.05) is 6.04 Å². The van der Waals surface area contributed by atoms with Crippen molar-refractivity contribution in [1.29, 1.82) is 0 Å². The molecule has 15 heavy (non-hydrogen) atoms. The van der Waals surface area contributed by atoms with Crippen LogP contribution in [-0.2, 0) is 9.59 Å². The van der Waals surface area contributed by atoms with Crippen LogP contribution in [0.4, 0.5) is 0 Å². The number of carboxylic acids is 2. The van der Waals surface area contributed by atoms with E-state index < -0.39 is 24.5 Å². The molecule has 0 aromatic carbocycles. The lowest BCUT2D eigenvalue weighted by Gasteiger charge is -1.97. The number of aliphatic hydroxyl groups is 1. The van der Waals surface area contributed by atoms with Gasteiger partial charge >= 0.3 is 11.9 Å². The molecule has 1 aliphatic carbocycles. The van der Waals surface area contributed by atoms with Crippen LogP contribution in [0, 0.1) is 0 Å². The minimum atomic E-state index is -1.79. The Morgan fingerprint density at radius 1 is 1.27 bits per heavy atom. The van der Waals surface area contributed by atoms with Crippen molar-refractivity contribution in [2.24, 2.45) is 5.73 Å². The first-order valence-electron chi connectivity index (χ1n) is 4.81. The number of hydrogen-bond donors (Lipinski definition) is 4. The first-order chi connectivity index (χ1) is 6.93. The molecular weight excluding hydrogens is 202 g/mol. The summed E-state index contributed by atoms with van der Waals surface area (Å²) in [7, 11) is 0. The zero-order valence-electron chi connectivity index (χ0n) is 8.43. The van der Waals surface area contributed by atoms with E-state index >= 15 is 0 Å². The second kappa shape index (κ2) is 7.19. The summed E-state index contributed by atoms with van der Waals surface area (Å²) in [5.74, 6) is -2.85. The molecule has 0 spiro atoms. The average molecular weight is 219 g/mol. The molecule has 1 fully saturated rings. The molecule has 1 atom stereocenters. The summed E-state index contributed by atoms with van der Waals surface area (Å²) in [5.41, 5.74) is 5.53. The molecule has 1 unspecified atom stereocenters. The number of hydrogen-bond acceptors (Lipinski definition) is 4. The molecule has 0 radical (unpaired) electrons. The Hall–Kier alpha value is -1.14. The van der Waals surface area contributed by atoms with Crippen LogP contribution < -0.4 is 5.73 Å². The number of aliphatic carboxylic acids is 2. The van der Waals surface area contributed by atoms with Crippen LogP contribution in [0.5, 0.6) is 0 Å². The number of carboxylic acid groups (broad SMARTS) is 2. The number of aliphatic hydroxyl groups excluding tert-OH is 1. The first-order valence-corrected chi connectivity index (χ1v) is 4.81. The van der Waals surface area contributed by atoms with Gasteiger partial charge in [0.2, 0.25) is 0 Å². The largest absolute Gasteiger partial charge is 0.481 e. The smallest absolute Gasteiger partial charge is 0.333 e. The van der Waals surface area contributed by atoms with E-state index in [9.17, 15) is 9.59 Å². The number of rotatable bonds is 3. The highest BCUT2D eigenvalue weighted by molar-refractivity contribution is 5.79. The lowest BCUT2D eigenvalue weighted by molar-refractivity contribution is -0.152. The van der Waals surface area contributed by atoms with Gasteiger partial charge in [0.25, 0.3) is 0 Å². The minimum absolute atomic E-state index is 0.546. The Balaban J connectivity index is 0.000000280. The van der Waals surface area contributed by atoms with Gasteiger partial charge in [0.05, 0.1) is 6.42 Å². The molecule has 0 aromatic rings. The lowest BCUT2D eigenvalue weighted by Crippen LogP contribution is -2.22. The van der Waals surface area contributed by atoms with Gasteiger partial charge in [0.1, 0.15) is 0 Å². The predicted molar refractivity (Wildman–Crippen MR) is 52.3 cm³/mol. The molecule has 1 rings (SSSR count). The van der Waals surface area contributed by atoms with E-state index in [1.165, 1.54) is 25.7 Å². The van der Waals surface area contributed by atoms with Gasteiger partial charge in [-0.05, 0) is 12.8 Å². The van der Waals surface area contributed by atoms with Crippen LogP contribution in [0.3, 0.4) is 0 Å². The normalized spacial score (nSPS) is 17.7. The van der Waals surface area contributed by atoms with Crippen molar-refractivity contribution in [3.8, 4) is 0 Å². The Morgan fingerprint density at radius 2 is 1.73 bits per heavy atom. The standard InChI is InChI=1S/C5H11N.C4H6O5/c6-5-3-1-2-4-5;5-2(4(8)9)1-3(6)7/h5H,1-4,6H2;2,5H,1H2,(H,6,7)(H,8,9). The summed E-state index contributed by atoms with van der Waals surface area (Å²) in [5, 5.41) is 24.1. The van der Waals surface area contributed by atoms with Gasteiger partial charge in [-0.3, -0.25) is 4.79 Å². The second-order valence-corrected chi connectivity index (χ2v) is 3.50. The van der Waals surface area contributed by atoms with E-state index in [-0.39, 0.29) is 0 Å². The van der Waals surface area contributed by atoms with Gasteiger partial charge in [-0.25, -0.2) is 4.79 Å². The summed E-state index contributed by atoms with van der Waals surface area (Å²) in [6.07, 6.45) is 2.71. The highest BCUT2D eigenvalue weighted by atomic mass is 16.4. The van der Waals surface area contributed by atoms with E-state index in [0.717, 1.165) is 0 Å². The SMILES string of the molecule is NC1CCCC1.O=C(O)CC(O)C(=O)O. The van der Waals surface area contributed by atoms with E-state index in [2.05, 4.69) is 0 Å². The highest BCUT2D eigenvalue weighted by Crippen LogP contribution is 2.14. The van der Waals surface area contributed by atoms with Crippen molar-refractivity contribution in [2.75, 3.05) is 0 Å². The fourth-order valence-electron chi connectivity index (χ4n) is 1.21. The van der Waals surface area contributed by atoms with Gasteiger partial charge in [-0.1, -0.05) is 12.8 Å². The summed E-state index contributed by atoms with van der Waals surface area (Å²) < 4.78 is 0. The molecule has 0 aromatic heterocycles. The molecular formula is C9H17NO5. The average Bonchev–Trinajstić information content (AvgIpc) is 2.55. The van der Waals surface area contributed by atoms with Crippen molar-refractivity contribution in [2.45, 2.75) is 44.2 Å². The van der Waals surface area contributed by atoms with E-state index in [1.54, 1.807) is 0 Å². The fraction of sp³-hybridized carbons (Fsp3) is 0.778. The first kappa shape index (κ1) is 13.9. The monoisotopic (exact) mass is 219 g/mol. The molecule has 0 aliphatic heterocycles. The third kappa shape index (κ3) is 7.90. The van der Waals surface area contributed by atoms with Crippen LogP contribution >= 0.6 is 0 Å². The molecule has 6 nitrogen and oxygen atoms in total. The third-order valence-electron chi connectivity index (χ3n) is 2.05. The quantitative estimate of drug-likeness (QED) is 0.521. The Kier molecular flexibility index (Phi) is 6.64. The summed E-state index contributed by atoms with van der Waals surface area (Å²) in [4.78, 5) is 19.4. The van der Waals surface area contributed by atoms with Crippen LogP contribution in [0.2, 0.25) is 0 Å². The molecule has 0 amide bonds. The van der Waals surface area contributed by atoms with Gasteiger partial charge < -0.3 is 21.1 Å². The second-order valence-electron chi connectivity index (χ2n) is 3.50. The number of nitrogens with two attached hydrogens (primary N) is 1. The van der Waals surface area contributed by atoms with Crippen molar-refractivity contribution >= 4 is 11.9 Å². The summed E-state index contributed by atoms with van der Waals surface area (Å²) in [6, 6.07) is 0.546.